The smallest absolute Gasteiger partial charge is 0.323 e. The van der Waals surface area contributed by atoms with Crippen LogP contribution in [0.4, 0.5) is 11.4 Å². The van der Waals surface area contributed by atoms with E-state index in [0.717, 1.165) is 5.69 Å². The van der Waals surface area contributed by atoms with Crippen LogP contribution >= 0.6 is 0 Å². The molecule has 7 nitrogen and oxygen atoms in total. The summed E-state index contributed by atoms with van der Waals surface area (Å²) in [5.41, 5.74) is 3.39. The third-order valence-electron chi connectivity index (χ3n) is 2.70. The van der Waals surface area contributed by atoms with Crippen molar-refractivity contribution in [3.05, 3.63) is 58.1 Å². The van der Waals surface area contributed by atoms with Crippen LogP contribution in [0.25, 0.3) is 0 Å². The summed E-state index contributed by atoms with van der Waals surface area (Å²) in [5.74, 6) is -0.485. The van der Waals surface area contributed by atoms with Crippen molar-refractivity contribution in [2.75, 3.05) is 12.5 Å². The second-order valence-electron chi connectivity index (χ2n) is 4.05. The molecule has 2 aromatic rings. The van der Waals surface area contributed by atoms with E-state index in [0.29, 0.717) is 0 Å². The van der Waals surface area contributed by atoms with Crippen LogP contribution in [0, 0.1) is 10.1 Å². The lowest BCUT2D eigenvalue weighted by Crippen LogP contribution is -2.00. The number of nitro groups is 1. The Morgan fingerprint density at radius 3 is 2.62 bits per heavy atom. The predicted octanol–water partition coefficient (Wildman–Crippen LogP) is 2.76. The number of para-hydroxylation sites is 1. The molecule has 0 saturated carbocycles. The number of nitrogens with zero attached hydrogens (tertiary/aromatic N) is 2. The third kappa shape index (κ3) is 3.27. The molecule has 0 fully saturated rings. The SMILES string of the molecule is COc1c(O)ccc(/C=N\Nc2ccccc2)c1[N+](=O)[O-]. The zero-order valence-electron chi connectivity index (χ0n) is 11.2. The maximum atomic E-state index is 11.1. The summed E-state index contributed by atoms with van der Waals surface area (Å²) in [5, 5.41) is 24.6. The molecule has 0 aliphatic rings. The number of hydrazone groups is 1. The molecule has 2 aromatic carbocycles. The zero-order chi connectivity index (χ0) is 15.2. The summed E-state index contributed by atoms with van der Waals surface area (Å²) in [6.45, 7) is 0. The Morgan fingerprint density at radius 1 is 1.29 bits per heavy atom. The van der Waals surface area contributed by atoms with Gasteiger partial charge in [0, 0.05) is 0 Å². The number of phenols is 1. The number of benzene rings is 2. The van der Waals surface area contributed by atoms with E-state index in [1.165, 1.54) is 25.5 Å². The molecule has 0 amide bonds. The molecule has 0 radical (unpaired) electrons. The molecule has 108 valence electrons. The minimum Gasteiger partial charge on any atom is -0.504 e. The van der Waals surface area contributed by atoms with Gasteiger partial charge in [-0.25, -0.2) is 0 Å². The van der Waals surface area contributed by atoms with Crippen molar-refractivity contribution in [1.82, 2.24) is 0 Å². The van der Waals surface area contributed by atoms with Crippen molar-refractivity contribution in [2.24, 2.45) is 5.10 Å². The van der Waals surface area contributed by atoms with E-state index in [1.807, 2.05) is 30.3 Å². The van der Waals surface area contributed by atoms with Gasteiger partial charge in [0.15, 0.2) is 5.75 Å². The van der Waals surface area contributed by atoms with Crippen LogP contribution < -0.4 is 10.2 Å². The van der Waals surface area contributed by atoms with Gasteiger partial charge < -0.3 is 9.84 Å². The Bertz CT molecular complexity index is 671. The molecule has 0 aliphatic carbocycles. The van der Waals surface area contributed by atoms with Crippen LogP contribution in [-0.4, -0.2) is 23.4 Å². The first-order chi connectivity index (χ1) is 10.1. The minimum absolute atomic E-state index is 0.191. The van der Waals surface area contributed by atoms with Crippen molar-refractivity contribution < 1.29 is 14.8 Å². The molecular weight excluding hydrogens is 274 g/mol. The average Bonchev–Trinajstić information content (AvgIpc) is 2.49. The Hall–Kier alpha value is -3.09. The molecule has 0 aromatic heterocycles. The highest BCUT2D eigenvalue weighted by molar-refractivity contribution is 5.88. The molecule has 0 bridgehead atoms. The van der Waals surface area contributed by atoms with E-state index in [1.54, 1.807) is 0 Å². The molecule has 0 unspecified atom stereocenters. The second kappa shape index (κ2) is 6.38. The molecule has 0 spiro atoms. The van der Waals surface area contributed by atoms with Crippen LogP contribution in [0.5, 0.6) is 11.5 Å². The van der Waals surface area contributed by atoms with Gasteiger partial charge in [-0.05, 0) is 24.3 Å². The van der Waals surface area contributed by atoms with Crippen LogP contribution in [0.3, 0.4) is 0 Å². The van der Waals surface area contributed by atoms with Crippen LogP contribution in [0.1, 0.15) is 5.56 Å². The first-order valence-corrected chi connectivity index (χ1v) is 6.02. The van der Waals surface area contributed by atoms with Gasteiger partial charge in [-0.3, -0.25) is 15.5 Å². The molecule has 2 rings (SSSR count). The van der Waals surface area contributed by atoms with Gasteiger partial charge in [-0.2, -0.15) is 5.10 Å². The summed E-state index contributed by atoms with van der Waals surface area (Å²) < 4.78 is 4.87. The zero-order valence-corrected chi connectivity index (χ0v) is 11.2. The summed E-state index contributed by atoms with van der Waals surface area (Å²) in [7, 11) is 1.26. The largest absolute Gasteiger partial charge is 0.504 e. The number of anilines is 1. The molecule has 0 atom stereocenters. The molecule has 0 aliphatic heterocycles. The van der Waals surface area contributed by atoms with Gasteiger partial charge in [-0.15, -0.1) is 0 Å². The van der Waals surface area contributed by atoms with Gasteiger partial charge in [0.25, 0.3) is 0 Å². The average molecular weight is 287 g/mol. The van der Waals surface area contributed by atoms with Gasteiger partial charge in [0.05, 0.1) is 29.5 Å². The van der Waals surface area contributed by atoms with E-state index in [-0.39, 0.29) is 22.7 Å². The lowest BCUT2D eigenvalue weighted by Gasteiger charge is -2.06. The van der Waals surface area contributed by atoms with E-state index >= 15 is 0 Å². The minimum atomic E-state index is -0.623. The normalized spacial score (nSPS) is 10.5. The van der Waals surface area contributed by atoms with Gasteiger partial charge in [0.1, 0.15) is 0 Å². The number of aromatic hydroxyl groups is 1. The number of methoxy groups -OCH3 is 1. The van der Waals surface area contributed by atoms with Crippen LogP contribution in [-0.2, 0) is 0 Å². The molecule has 21 heavy (non-hydrogen) atoms. The van der Waals surface area contributed by atoms with Crippen molar-refractivity contribution in [2.45, 2.75) is 0 Å². The molecule has 2 N–H and O–H groups in total. The van der Waals surface area contributed by atoms with E-state index in [2.05, 4.69) is 10.5 Å². The summed E-state index contributed by atoms with van der Waals surface area (Å²) in [4.78, 5) is 10.5. The van der Waals surface area contributed by atoms with Gasteiger partial charge in [0.2, 0.25) is 5.75 Å². The van der Waals surface area contributed by atoms with Gasteiger partial charge >= 0.3 is 5.69 Å². The lowest BCUT2D eigenvalue weighted by molar-refractivity contribution is -0.385. The highest BCUT2D eigenvalue weighted by Crippen LogP contribution is 2.37. The maximum Gasteiger partial charge on any atom is 0.323 e. The van der Waals surface area contributed by atoms with E-state index in [9.17, 15) is 15.2 Å². The predicted molar refractivity (Wildman–Crippen MR) is 79.0 cm³/mol. The quantitative estimate of drug-likeness (QED) is 0.500. The number of ether oxygens (including phenoxy) is 1. The number of phenolic OH excluding ortho intramolecular Hbond substituents is 1. The number of rotatable bonds is 5. The Kier molecular flexibility index (Phi) is 4.35. The molecule has 0 heterocycles. The molecule has 0 saturated heterocycles. The monoisotopic (exact) mass is 287 g/mol. The Balaban J connectivity index is 2.29. The van der Waals surface area contributed by atoms with Crippen LogP contribution in [0.15, 0.2) is 47.6 Å². The number of hydrogen-bond acceptors (Lipinski definition) is 6. The Morgan fingerprint density at radius 2 is 2.00 bits per heavy atom. The van der Waals surface area contributed by atoms with E-state index in [4.69, 9.17) is 4.74 Å². The number of hydrogen-bond donors (Lipinski definition) is 2. The highest BCUT2D eigenvalue weighted by atomic mass is 16.6. The van der Waals surface area contributed by atoms with E-state index < -0.39 is 4.92 Å². The van der Waals surface area contributed by atoms with Crippen molar-refractivity contribution in [3.8, 4) is 11.5 Å². The fraction of sp³-hybridized carbons (Fsp3) is 0.0714. The highest BCUT2D eigenvalue weighted by Gasteiger charge is 2.23. The van der Waals surface area contributed by atoms with Crippen LogP contribution in [0.2, 0.25) is 0 Å². The standard InChI is InChI=1S/C14H13N3O4/c1-21-14-12(18)8-7-10(13(14)17(19)20)9-15-16-11-5-3-2-4-6-11/h2-9,16,18H,1H3/b15-9-. The third-order valence-corrected chi connectivity index (χ3v) is 2.70. The Labute approximate surface area is 120 Å². The molecule has 7 heteroatoms. The first kappa shape index (κ1) is 14.3. The summed E-state index contributed by atoms with van der Waals surface area (Å²) in [6.07, 6.45) is 1.30. The summed E-state index contributed by atoms with van der Waals surface area (Å²) in [6, 6.07) is 11.9. The maximum absolute atomic E-state index is 11.1. The second-order valence-corrected chi connectivity index (χ2v) is 4.05. The number of nitro benzene ring substituents is 1. The first-order valence-electron chi connectivity index (χ1n) is 6.02. The topological polar surface area (TPSA) is 97.0 Å². The fourth-order valence-corrected chi connectivity index (χ4v) is 1.76. The van der Waals surface area contributed by atoms with Gasteiger partial charge in [-0.1, -0.05) is 18.2 Å². The fourth-order valence-electron chi connectivity index (χ4n) is 1.76. The van der Waals surface area contributed by atoms with Crippen molar-refractivity contribution in [1.29, 1.82) is 0 Å². The molecular formula is C14H13N3O4. The summed E-state index contributed by atoms with van der Waals surface area (Å²) >= 11 is 0. The lowest BCUT2D eigenvalue weighted by atomic mass is 10.1. The number of nitrogens with one attached hydrogen (secondary N) is 1. The van der Waals surface area contributed by atoms with Crippen molar-refractivity contribution >= 4 is 17.6 Å². The van der Waals surface area contributed by atoms with Crippen molar-refractivity contribution in [3.63, 3.8) is 0 Å².